The SMILES string of the molecule is CC1SC(C)(C)c2ccc[c]c21. The van der Waals surface area contributed by atoms with E-state index in [0.717, 1.165) is 0 Å². The van der Waals surface area contributed by atoms with Crippen LogP contribution in [0.5, 0.6) is 0 Å². The van der Waals surface area contributed by atoms with Crippen molar-refractivity contribution >= 4 is 11.8 Å². The number of rotatable bonds is 0. The number of fused-ring (bicyclic) bond motifs is 1. The van der Waals surface area contributed by atoms with Crippen molar-refractivity contribution in [1.29, 1.82) is 0 Å². The van der Waals surface area contributed by atoms with E-state index in [-0.39, 0.29) is 4.75 Å². The van der Waals surface area contributed by atoms with Crippen LogP contribution in [0.4, 0.5) is 0 Å². The van der Waals surface area contributed by atoms with Gasteiger partial charge in [0.05, 0.1) is 0 Å². The zero-order chi connectivity index (χ0) is 8.77. The third-order valence-electron chi connectivity index (χ3n) is 2.41. The lowest BCUT2D eigenvalue weighted by Crippen LogP contribution is -2.06. The molecule has 2 rings (SSSR count). The fourth-order valence-corrected chi connectivity index (χ4v) is 3.38. The van der Waals surface area contributed by atoms with Gasteiger partial charge in [-0.3, -0.25) is 0 Å². The zero-order valence-electron chi connectivity index (χ0n) is 7.72. The first-order valence-corrected chi connectivity index (χ1v) is 5.18. The topological polar surface area (TPSA) is 0 Å². The van der Waals surface area contributed by atoms with Crippen molar-refractivity contribution in [2.75, 3.05) is 0 Å². The summed E-state index contributed by atoms with van der Waals surface area (Å²) in [4.78, 5) is 0. The normalized spacial score (nSPS) is 25.4. The number of hydrogen-bond donors (Lipinski definition) is 0. The van der Waals surface area contributed by atoms with Crippen LogP contribution >= 0.6 is 11.8 Å². The van der Waals surface area contributed by atoms with Crippen LogP contribution in [0.25, 0.3) is 0 Å². The fraction of sp³-hybridized carbons (Fsp3) is 0.455. The minimum Gasteiger partial charge on any atom is -0.143 e. The summed E-state index contributed by atoms with van der Waals surface area (Å²) < 4.78 is 0.284. The van der Waals surface area contributed by atoms with E-state index >= 15 is 0 Å². The summed E-state index contributed by atoms with van der Waals surface area (Å²) in [6.07, 6.45) is 0. The Morgan fingerprint density at radius 3 is 2.92 bits per heavy atom. The van der Waals surface area contributed by atoms with Crippen LogP contribution in [0.2, 0.25) is 0 Å². The summed E-state index contributed by atoms with van der Waals surface area (Å²) in [6.45, 7) is 6.83. The summed E-state index contributed by atoms with van der Waals surface area (Å²) in [5.41, 5.74) is 2.86. The van der Waals surface area contributed by atoms with Crippen molar-refractivity contribution in [3.8, 4) is 0 Å². The standard InChI is InChI=1S/C11H13S/c1-8-9-6-4-5-7-10(9)11(2,3)12-8/h4-5,7-8H,1-3H3. The maximum absolute atomic E-state index is 3.33. The van der Waals surface area contributed by atoms with E-state index < -0.39 is 0 Å². The molecule has 0 aliphatic carbocycles. The molecule has 0 bridgehead atoms. The maximum atomic E-state index is 3.33. The second kappa shape index (κ2) is 2.53. The van der Waals surface area contributed by atoms with Gasteiger partial charge in [0.25, 0.3) is 0 Å². The van der Waals surface area contributed by atoms with Crippen molar-refractivity contribution in [3.05, 3.63) is 35.4 Å². The van der Waals surface area contributed by atoms with E-state index in [2.05, 4.69) is 39.0 Å². The Balaban J connectivity index is 2.58. The molecule has 1 aromatic rings. The highest BCUT2D eigenvalue weighted by molar-refractivity contribution is 8.00. The molecule has 0 saturated carbocycles. The van der Waals surface area contributed by atoms with Gasteiger partial charge < -0.3 is 0 Å². The van der Waals surface area contributed by atoms with Crippen molar-refractivity contribution in [1.82, 2.24) is 0 Å². The Kier molecular flexibility index (Phi) is 1.72. The largest absolute Gasteiger partial charge is 0.143 e. The van der Waals surface area contributed by atoms with Gasteiger partial charge in [0, 0.05) is 10.00 Å². The van der Waals surface area contributed by atoms with E-state index in [1.54, 1.807) is 0 Å². The Morgan fingerprint density at radius 1 is 1.50 bits per heavy atom. The first-order chi connectivity index (χ1) is 5.61. The average molecular weight is 177 g/mol. The molecule has 0 aromatic heterocycles. The summed E-state index contributed by atoms with van der Waals surface area (Å²) in [7, 11) is 0. The van der Waals surface area contributed by atoms with Gasteiger partial charge in [0.1, 0.15) is 0 Å². The smallest absolute Gasteiger partial charge is 0.0361 e. The molecule has 1 heteroatoms. The minimum absolute atomic E-state index is 0.284. The fourth-order valence-electron chi connectivity index (χ4n) is 1.88. The van der Waals surface area contributed by atoms with Gasteiger partial charge in [0.15, 0.2) is 0 Å². The molecule has 1 aliphatic rings. The second-order valence-electron chi connectivity index (χ2n) is 3.77. The van der Waals surface area contributed by atoms with Crippen LogP contribution in [0, 0.1) is 6.07 Å². The predicted octanol–water partition coefficient (Wildman–Crippen LogP) is 3.53. The third-order valence-corrected chi connectivity index (χ3v) is 3.81. The monoisotopic (exact) mass is 177 g/mol. The van der Waals surface area contributed by atoms with E-state index in [9.17, 15) is 0 Å². The predicted molar refractivity (Wildman–Crippen MR) is 54.3 cm³/mol. The molecule has 1 aliphatic heterocycles. The molecule has 0 nitrogen and oxygen atoms in total. The molecular formula is C11H13S. The average Bonchev–Trinajstić information content (AvgIpc) is 2.25. The van der Waals surface area contributed by atoms with Crippen LogP contribution < -0.4 is 0 Å². The molecule has 1 unspecified atom stereocenters. The second-order valence-corrected chi connectivity index (χ2v) is 5.73. The molecule has 0 fully saturated rings. The Labute approximate surface area is 78.4 Å². The van der Waals surface area contributed by atoms with Crippen molar-refractivity contribution in [2.24, 2.45) is 0 Å². The summed E-state index contributed by atoms with van der Waals surface area (Å²) >= 11 is 2.02. The molecule has 0 amide bonds. The van der Waals surface area contributed by atoms with E-state index in [4.69, 9.17) is 0 Å². The van der Waals surface area contributed by atoms with Crippen LogP contribution in [-0.2, 0) is 4.75 Å². The Morgan fingerprint density at radius 2 is 2.25 bits per heavy atom. The van der Waals surface area contributed by atoms with Crippen molar-refractivity contribution < 1.29 is 0 Å². The van der Waals surface area contributed by atoms with Crippen molar-refractivity contribution in [2.45, 2.75) is 30.8 Å². The molecule has 0 saturated heterocycles. The van der Waals surface area contributed by atoms with E-state index in [1.165, 1.54) is 11.1 Å². The summed E-state index contributed by atoms with van der Waals surface area (Å²) in [5.74, 6) is 0. The summed E-state index contributed by atoms with van der Waals surface area (Å²) in [5, 5.41) is 0.608. The third kappa shape index (κ3) is 1.08. The van der Waals surface area contributed by atoms with Gasteiger partial charge in [-0.25, -0.2) is 0 Å². The van der Waals surface area contributed by atoms with Crippen LogP contribution in [0.15, 0.2) is 18.2 Å². The van der Waals surface area contributed by atoms with Crippen LogP contribution in [0.3, 0.4) is 0 Å². The van der Waals surface area contributed by atoms with Gasteiger partial charge in [-0.15, -0.1) is 11.8 Å². The first-order valence-electron chi connectivity index (χ1n) is 4.30. The van der Waals surface area contributed by atoms with Gasteiger partial charge >= 0.3 is 0 Å². The molecule has 12 heavy (non-hydrogen) atoms. The number of benzene rings is 1. The van der Waals surface area contributed by atoms with Gasteiger partial charge in [-0.2, -0.15) is 0 Å². The quantitative estimate of drug-likeness (QED) is 0.584. The molecule has 0 N–H and O–H groups in total. The van der Waals surface area contributed by atoms with E-state index in [0.29, 0.717) is 5.25 Å². The minimum atomic E-state index is 0.284. The number of hydrogen-bond acceptors (Lipinski definition) is 1. The van der Waals surface area contributed by atoms with Crippen LogP contribution in [0.1, 0.15) is 37.1 Å². The molecule has 1 heterocycles. The summed E-state index contributed by atoms with van der Waals surface area (Å²) in [6, 6.07) is 9.65. The molecule has 0 spiro atoms. The van der Waals surface area contributed by atoms with Crippen molar-refractivity contribution in [3.63, 3.8) is 0 Å². The van der Waals surface area contributed by atoms with Gasteiger partial charge in [0.2, 0.25) is 0 Å². The van der Waals surface area contributed by atoms with E-state index in [1.807, 2.05) is 17.8 Å². The molecule has 1 radical (unpaired) electrons. The van der Waals surface area contributed by atoms with Gasteiger partial charge in [-0.05, 0) is 38.0 Å². The lowest BCUT2D eigenvalue weighted by Gasteiger charge is -2.17. The van der Waals surface area contributed by atoms with Crippen LogP contribution in [-0.4, -0.2) is 0 Å². The number of thioether (sulfide) groups is 1. The molecule has 1 atom stereocenters. The molecule has 1 aromatic carbocycles. The maximum Gasteiger partial charge on any atom is 0.0361 e. The lowest BCUT2D eigenvalue weighted by molar-refractivity contribution is 0.793. The highest BCUT2D eigenvalue weighted by Gasteiger charge is 2.34. The highest BCUT2D eigenvalue weighted by atomic mass is 32.2. The lowest BCUT2D eigenvalue weighted by atomic mass is 9.96. The zero-order valence-corrected chi connectivity index (χ0v) is 8.53. The Bertz CT molecular complexity index is 302. The highest BCUT2D eigenvalue weighted by Crippen LogP contribution is 2.53. The molecule has 63 valence electrons. The van der Waals surface area contributed by atoms with Gasteiger partial charge in [-0.1, -0.05) is 18.2 Å². The molecular weight excluding hydrogens is 164 g/mol. The Hall–Kier alpha value is -0.430. The first kappa shape index (κ1) is 8.18.